The van der Waals surface area contributed by atoms with Crippen LogP contribution in [0.4, 0.5) is 0 Å². The van der Waals surface area contributed by atoms with Gasteiger partial charge in [0.15, 0.2) is 0 Å². The van der Waals surface area contributed by atoms with Crippen LogP contribution in [-0.2, 0) is 22.0 Å². The summed E-state index contributed by atoms with van der Waals surface area (Å²) >= 11 is 0. The van der Waals surface area contributed by atoms with Gasteiger partial charge in [0.2, 0.25) is 10.0 Å². The van der Waals surface area contributed by atoms with Crippen LogP contribution in [-0.4, -0.2) is 19.3 Å². The van der Waals surface area contributed by atoms with E-state index in [4.69, 9.17) is 4.42 Å². The van der Waals surface area contributed by atoms with Crippen LogP contribution in [0.25, 0.3) is 0 Å². The zero-order valence-electron chi connectivity index (χ0n) is 11.5. The maximum absolute atomic E-state index is 12.6. The monoisotopic (exact) mass is 291 g/mol. The fourth-order valence-electron chi connectivity index (χ4n) is 2.81. The summed E-state index contributed by atoms with van der Waals surface area (Å²) in [5.74, 6) is 0. The highest BCUT2D eigenvalue weighted by atomic mass is 32.2. The molecule has 0 radical (unpaired) electrons. The van der Waals surface area contributed by atoms with E-state index in [1.54, 1.807) is 0 Å². The zero-order chi connectivity index (χ0) is 14.4. The van der Waals surface area contributed by atoms with Crippen LogP contribution in [0.15, 0.2) is 52.2 Å². The molecular formula is C15H17NO3S. The summed E-state index contributed by atoms with van der Waals surface area (Å²) in [6.07, 6.45) is 2.67. The van der Waals surface area contributed by atoms with Crippen LogP contribution in [0.3, 0.4) is 0 Å². The number of nitrogens with zero attached hydrogens (tertiary/aromatic N) is 1. The van der Waals surface area contributed by atoms with E-state index in [1.165, 1.54) is 28.5 Å². The van der Waals surface area contributed by atoms with E-state index in [9.17, 15) is 8.42 Å². The van der Waals surface area contributed by atoms with Crippen molar-refractivity contribution in [3.63, 3.8) is 0 Å². The molecule has 0 N–H and O–H groups in total. The van der Waals surface area contributed by atoms with Crippen molar-refractivity contribution in [1.82, 2.24) is 4.31 Å². The average Bonchev–Trinajstić information content (AvgIpc) is 2.92. The normalized spacial score (nSPS) is 18.7. The first-order valence-corrected chi connectivity index (χ1v) is 7.96. The second-order valence-electron chi connectivity index (χ2n) is 5.77. The Morgan fingerprint density at radius 3 is 2.65 bits per heavy atom. The molecule has 0 aliphatic carbocycles. The number of fused-ring (bicyclic) bond motifs is 1. The summed E-state index contributed by atoms with van der Waals surface area (Å²) in [6, 6.07) is 9.51. The first-order chi connectivity index (χ1) is 9.41. The fourth-order valence-corrected chi connectivity index (χ4v) is 4.31. The van der Waals surface area contributed by atoms with Gasteiger partial charge in [-0.25, -0.2) is 8.42 Å². The summed E-state index contributed by atoms with van der Waals surface area (Å²) in [5, 5.41) is 0. The Kier molecular flexibility index (Phi) is 2.99. The van der Waals surface area contributed by atoms with E-state index >= 15 is 0 Å². The van der Waals surface area contributed by atoms with Crippen LogP contribution >= 0.6 is 0 Å². The van der Waals surface area contributed by atoms with Gasteiger partial charge in [-0.2, -0.15) is 4.31 Å². The molecule has 0 spiro atoms. The maximum Gasteiger partial charge on any atom is 0.246 e. The molecule has 5 heteroatoms. The minimum Gasteiger partial charge on any atom is -0.471 e. The molecule has 0 fully saturated rings. The molecular weight excluding hydrogens is 274 g/mol. The molecule has 1 aromatic carbocycles. The molecule has 0 unspecified atom stereocenters. The van der Waals surface area contributed by atoms with Crippen LogP contribution < -0.4 is 0 Å². The van der Waals surface area contributed by atoms with Crippen molar-refractivity contribution >= 4 is 10.0 Å². The van der Waals surface area contributed by atoms with Gasteiger partial charge in [-0.3, -0.25) is 0 Å². The largest absolute Gasteiger partial charge is 0.471 e. The lowest BCUT2D eigenvalue weighted by atomic mass is 9.79. The summed E-state index contributed by atoms with van der Waals surface area (Å²) in [7, 11) is -3.49. The predicted molar refractivity (Wildman–Crippen MR) is 75.8 cm³/mol. The quantitative estimate of drug-likeness (QED) is 0.855. The Morgan fingerprint density at radius 2 is 1.95 bits per heavy atom. The highest BCUT2D eigenvalue weighted by Gasteiger charge is 2.37. The SMILES string of the molecule is CC1(C)CN(S(=O)(=O)c2ccoc2)Cc2ccccc21. The molecule has 2 heterocycles. The van der Waals surface area contributed by atoms with E-state index in [-0.39, 0.29) is 10.3 Å². The van der Waals surface area contributed by atoms with Gasteiger partial charge in [0.05, 0.1) is 6.26 Å². The molecule has 4 nitrogen and oxygen atoms in total. The third-order valence-electron chi connectivity index (χ3n) is 3.80. The Labute approximate surface area is 119 Å². The second-order valence-corrected chi connectivity index (χ2v) is 7.71. The van der Waals surface area contributed by atoms with Crippen molar-refractivity contribution in [1.29, 1.82) is 0 Å². The molecule has 3 rings (SSSR count). The van der Waals surface area contributed by atoms with Crippen molar-refractivity contribution < 1.29 is 12.8 Å². The molecule has 2 aromatic rings. The molecule has 1 aliphatic heterocycles. The van der Waals surface area contributed by atoms with Gasteiger partial charge in [0, 0.05) is 18.5 Å². The fraction of sp³-hybridized carbons (Fsp3) is 0.333. The highest BCUT2D eigenvalue weighted by Crippen LogP contribution is 2.35. The lowest BCUT2D eigenvalue weighted by molar-refractivity contribution is 0.299. The first kappa shape index (κ1) is 13.4. The average molecular weight is 291 g/mol. The molecule has 20 heavy (non-hydrogen) atoms. The lowest BCUT2D eigenvalue weighted by Crippen LogP contribution is -2.44. The molecule has 0 bridgehead atoms. The summed E-state index contributed by atoms with van der Waals surface area (Å²) in [4.78, 5) is 0.215. The van der Waals surface area contributed by atoms with Gasteiger partial charge in [-0.1, -0.05) is 38.1 Å². The molecule has 1 aromatic heterocycles. The highest BCUT2D eigenvalue weighted by molar-refractivity contribution is 7.89. The van der Waals surface area contributed by atoms with Crippen LogP contribution in [0, 0.1) is 0 Å². The molecule has 106 valence electrons. The summed E-state index contributed by atoms with van der Waals surface area (Å²) in [6.45, 7) is 5.02. The minimum atomic E-state index is -3.49. The maximum atomic E-state index is 12.6. The number of rotatable bonds is 2. The Balaban J connectivity index is 2.04. The van der Waals surface area contributed by atoms with E-state index in [0.717, 1.165) is 5.56 Å². The van der Waals surface area contributed by atoms with E-state index in [2.05, 4.69) is 19.9 Å². The van der Waals surface area contributed by atoms with Gasteiger partial charge >= 0.3 is 0 Å². The number of furan rings is 1. The molecule has 0 atom stereocenters. The number of benzene rings is 1. The molecule has 0 amide bonds. The van der Waals surface area contributed by atoms with Gasteiger partial charge < -0.3 is 4.42 Å². The van der Waals surface area contributed by atoms with Crippen LogP contribution in [0.1, 0.15) is 25.0 Å². The summed E-state index contributed by atoms with van der Waals surface area (Å²) < 4.78 is 31.7. The minimum absolute atomic E-state index is 0.203. The van der Waals surface area contributed by atoms with Crippen molar-refractivity contribution in [2.45, 2.75) is 30.7 Å². The third-order valence-corrected chi connectivity index (χ3v) is 5.56. The van der Waals surface area contributed by atoms with Gasteiger partial charge in [-0.05, 0) is 17.2 Å². The van der Waals surface area contributed by atoms with E-state index < -0.39 is 10.0 Å². The van der Waals surface area contributed by atoms with Crippen molar-refractivity contribution in [3.8, 4) is 0 Å². The number of sulfonamides is 1. The van der Waals surface area contributed by atoms with Crippen molar-refractivity contribution in [2.75, 3.05) is 6.54 Å². The second kappa shape index (κ2) is 4.46. The van der Waals surface area contributed by atoms with E-state index in [0.29, 0.717) is 13.1 Å². The standard InChI is InChI=1S/C15H17NO3S/c1-15(2)11-16(9-12-5-3-4-6-14(12)15)20(17,18)13-7-8-19-10-13/h3-8,10H,9,11H2,1-2H3. The summed E-state index contributed by atoms with van der Waals surface area (Å²) in [5.41, 5.74) is 2.08. The van der Waals surface area contributed by atoms with Crippen LogP contribution in [0.2, 0.25) is 0 Å². The van der Waals surface area contributed by atoms with Gasteiger partial charge in [0.25, 0.3) is 0 Å². The topological polar surface area (TPSA) is 50.5 Å². The predicted octanol–water partition coefficient (Wildman–Crippen LogP) is 2.76. The Bertz CT molecular complexity index is 717. The van der Waals surface area contributed by atoms with E-state index in [1.807, 2.05) is 18.2 Å². The Hall–Kier alpha value is -1.59. The molecule has 0 saturated heterocycles. The van der Waals surface area contributed by atoms with Gasteiger partial charge in [0.1, 0.15) is 11.2 Å². The zero-order valence-corrected chi connectivity index (χ0v) is 12.4. The van der Waals surface area contributed by atoms with Crippen LogP contribution in [0.5, 0.6) is 0 Å². The number of hydrogen-bond acceptors (Lipinski definition) is 3. The van der Waals surface area contributed by atoms with Crippen molar-refractivity contribution in [2.24, 2.45) is 0 Å². The third kappa shape index (κ3) is 2.07. The smallest absolute Gasteiger partial charge is 0.246 e. The number of hydrogen-bond donors (Lipinski definition) is 0. The molecule has 0 saturated carbocycles. The first-order valence-electron chi connectivity index (χ1n) is 6.52. The molecule has 1 aliphatic rings. The Morgan fingerprint density at radius 1 is 1.20 bits per heavy atom. The van der Waals surface area contributed by atoms with Gasteiger partial charge in [-0.15, -0.1) is 0 Å². The lowest BCUT2D eigenvalue weighted by Gasteiger charge is -2.38. The van der Waals surface area contributed by atoms with Crippen molar-refractivity contribution in [3.05, 3.63) is 54.0 Å².